The summed E-state index contributed by atoms with van der Waals surface area (Å²) in [7, 11) is 1.51. The Labute approximate surface area is 415 Å². The average molecular weight is 963 g/mol. The fraction of sp³-hybridized carbons (Fsp3) is 0.450. The van der Waals surface area contributed by atoms with E-state index in [-0.39, 0.29) is 79.0 Å². The number of aryl methyl sites for hydroxylation is 2. The van der Waals surface area contributed by atoms with Crippen LogP contribution in [0.3, 0.4) is 0 Å². The summed E-state index contributed by atoms with van der Waals surface area (Å²) in [4.78, 5) is 44.7. The SMILES string of the molecule is COCC(CCO)c1c(CO)c2ccc3c(c2oc1=O)C1OC(=O)CC2CC(c4cccc(Cc5ccccc5)c4)C=CC2c2ccc4c(c2)CCC2CCCC2C(C)(O3)C1OC(=O)C(=C(C)CO)CC4. The van der Waals surface area contributed by atoms with Gasteiger partial charge in [0.1, 0.15) is 11.3 Å². The number of methoxy groups -OCH3 is 1. The van der Waals surface area contributed by atoms with Crippen LogP contribution in [0.25, 0.3) is 11.0 Å². The van der Waals surface area contributed by atoms with E-state index in [1.807, 2.05) is 13.0 Å². The highest BCUT2D eigenvalue weighted by atomic mass is 16.6. The first kappa shape index (κ1) is 48.8. The van der Waals surface area contributed by atoms with Crippen molar-refractivity contribution in [2.45, 2.75) is 127 Å². The normalized spacial score (nSPS) is 27.3. The van der Waals surface area contributed by atoms with Gasteiger partial charge in [-0.2, -0.15) is 0 Å². The number of benzene rings is 4. The Kier molecular flexibility index (Phi) is 14.2. The summed E-state index contributed by atoms with van der Waals surface area (Å²) in [6.07, 6.45) is 8.98. The van der Waals surface area contributed by atoms with E-state index >= 15 is 9.59 Å². The minimum atomic E-state index is -1.31. The van der Waals surface area contributed by atoms with Gasteiger partial charge < -0.3 is 38.7 Å². The Morgan fingerprint density at radius 1 is 0.831 bits per heavy atom. The molecule has 0 saturated heterocycles. The molecule has 0 spiro atoms. The van der Waals surface area contributed by atoms with Crippen molar-refractivity contribution >= 4 is 22.9 Å². The molecule has 0 radical (unpaired) electrons. The Morgan fingerprint density at radius 3 is 2.45 bits per heavy atom. The monoisotopic (exact) mass is 962 g/mol. The standard InChI is InChI=1S/C60H66O11/c1-35(32-62)46-21-19-38-15-18-43-29-41(38)17-16-39-12-8-14-50(39)60(2)57(70-58(46)65)56(54-51(71-60)24-23-48-49(33-63)53(59(66)69-55(48)54)44(25-26-61)34-67-3)68-52(64)31-45-30-42(20-22-47(43)45)40-13-7-11-37(28-40)27-36-9-5-4-6-10-36/h4-7,9-11,13,15,18,20,22-24,28-29,39,42,44-45,47,50,56-57,61-63H,8,12,14,16-17,19,21,25-27,30-34H2,1-3H3. The summed E-state index contributed by atoms with van der Waals surface area (Å²) >= 11 is 0. The van der Waals surface area contributed by atoms with Gasteiger partial charge in [-0.25, -0.2) is 9.59 Å². The zero-order chi connectivity index (χ0) is 49.4. The van der Waals surface area contributed by atoms with Crippen molar-refractivity contribution in [3.05, 3.63) is 169 Å². The number of rotatable bonds is 10. The van der Waals surface area contributed by atoms with Crippen LogP contribution in [-0.4, -0.2) is 65.9 Å². The first-order chi connectivity index (χ1) is 34.5. The molecule has 5 aliphatic rings. The number of carbonyl (C=O) groups excluding carboxylic acids is 2. The van der Waals surface area contributed by atoms with Gasteiger partial charge in [0.05, 0.1) is 25.4 Å². The predicted molar refractivity (Wildman–Crippen MR) is 269 cm³/mol. The highest BCUT2D eigenvalue weighted by Crippen LogP contribution is 2.55. The van der Waals surface area contributed by atoms with E-state index in [1.165, 1.54) is 29.4 Å². The molecule has 4 heterocycles. The Hall–Kier alpha value is -5.85. The van der Waals surface area contributed by atoms with E-state index in [9.17, 15) is 20.1 Å². The van der Waals surface area contributed by atoms with Gasteiger partial charge in [-0.3, -0.25) is 4.79 Å². The van der Waals surface area contributed by atoms with E-state index < -0.39 is 47.9 Å². The molecular formula is C60H66O11. The molecule has 9 atom stereocenters. The smallest absolute Gasteiger partial charge is 0.340 e. The van der Waals surface area contributed by atoms with E-state index in [1.54, 1.807) is 19.1 Å². The molecular weight excluding hydrogens is 897 g/mol. The maximum atomic E-state index is 15.3. The third kappa shape index (κ3) is 9.42. The van der Waals surface area contributed by atoms with Crippen molar-refractivity contribution in [3.8, 4) is 5.75 Å². The lowest BCUT2D eigenvalue weighted by molar-refractivity contribution is -0.201. The molecule has 11 heteroatoms. The summed E-state index contributed by atoms with van der Waals surface area (Å²) in [6, 6.07) is 29.4. The molecule has 1 saturated carbocycles. The van der Waals surface area contributed by atoms with Crippen LogP contribution in [0, 0.1) is 17.8 Å². The third-order valence-electron chi connectivity index (χ3n) is 16.7. The van der Waals surface area contributed by atoms with Crippen LogP contribution in [0.1, 0.15) is 139 Å². The lowest BCUT2D eigenvalue weighted by Gasteiger charge is -2.49. The summed E-state index contributed by atoms with van der Waals surface area (Å²) in [5, 5.41) is 32.0. The number of fused-ring (bicyclic) bond motifs is 8. The van der Waals surface area contributed by atoms with Gasteiger partial charge in [0.25, 0.3) is 0 Å². The van der Waals surface area contributed by atoms with E-state index in [0.717, 1.165) is 49.7 Å². The van der Waals surface area contributed by atoms with Gasteiger partial charge in [-0.1, -0.05) is 97.8 Å². The molecule has 9 unspecified atom stereocenters. The zero-order valence-electron chi connectivity index (χ0n) is 41.1. The molecule has 3 N–H and O–H groups in total. The van der Waals surface area contributed by atoms with Crippen molar-refractivity contribution in [2.24, 2.45) is 17.8 Å². The second-order valence-corrected chi connectivity index (χ2v) is 20.9. The third-order valence-corrected chi connectivity index (χ3v) is 16.7. The molecule has 4 aromatic carbocycles. The van der Waals surface area contributed by atoms with Gasteiger partial charge in [0, 0.05) is 60.3 Å². The molecule has 1 fully saturated rings. The quantitative estimate of drug-likeness (QED) is 0.0529. The second-order valence-electron chi connectivity index (χ2n) is 20.9. The van der Waals surface area contributed by atoms with Crippen molar-refractivity contribution in [3.63, 3.8) is 0 Å². The van der Waals surface area contributed by atoms with Crippen LogP contribution in [-0.2, 0) is 49.7 Å². The van der Waals surface area contributed by atoms with E-state index in [0.29, 0.717) is 47.1 Å². The summed E-state index contributed by atoms with van der Waals surface area (Å²) < 4.78 is 32.8. The van der Waals surface area contributed by atoms with Gasteiger partial charge in [0.2, 0.25) is 0 Å². The van der Waals surface area contributed by atoms with Crippen molar-refractivity contribution in [2.75, 3.05) is 26.9 Å². The number of ether oxygens (including phenoxy) is 4. The number of allylic oxidation sites excluding steroid dienone is 2. The summed E-state index contributed by atoms with van der Waals surface area (Å²) in [6.45, 7) is 2.70. The number of carbonyl (C=O) groups is 2. The van der Waals surface area contributed by atoms with E-state index in [4.69, 9.17) is 23.4 Å². The van der Waals surface area contributed by atoms with Crippen LogP contribution in [0.2, 0.25) is 0 Å². The van der Waals surface area contributed by atoms with Crippen LogP contribution in [0.5, 0.6) is 5.75 Å². The number of aliphatic hydroxyl groups is 3. The molecule has 3 aliphatic heterocycles. The van der Waals surface area contributed by atoms with Gasteiger partial charge in [-0.05, 0) is 134 Å². The van der Waals surface area contributed by atoms with Crippen molar-refractivity contribution in [1.29, 1.82) is 0 Å². The summed E-state index contributed by atoms with van der Waals surface area (Å²) in [5.41, 5.74) is 6.78. The molecule has 10 rings (SSSR count). The maximum Gasteiger partial charge on any atom is 0.340 e. The molecule has 2 aliphatic carbocycles. The predicted octanol–water partition coefficient (Wildman–Crippen LogP) is 9.79. The minimum absolute atomic E-state index is 0.0310. The van der Waals surface area contributed by atoms with Crippen molar-refractivity contribution < 1.29 is 48.3 Å². The highest BCUT2D eigenvalue weighted by Gasteiger charge is 2.59. The Bertz CT molecular complexity index is 2910. The molecule has 372 valence electrons. The lowest BCUT2D eigenvalue weighted by Crippen LogP contribution is -2.59. The Balaban J connectivity index is 1.15. The number of esters is 2. The molecule has 1 aromatic heterocycles. The number of hydrogen-bond donors (Lipinski definition) is 3. The van der Waals surface area contributed by atoms with Crippen LogP contribution >= 0.6 is 0 Å². The van der Waals surface area contributed by atoms with Crippen LogP contribution in [0.4, 0.5) is 0 Å². The topological polar surface area (TPSA) is 162 Å². The maximum absolute atomic E-state index is 15.3. The Morgan fingerprint density at radius 2 is 1.66 bits per heavy atom. The van der Waals surface area contributed by atoms with Crippen LogP contribution in [0.15, 0.2) is 117 Å². The zero-order valence-corrected chi connectivity index (χ0v) is 41.1. The summed E-state index contributed by atoms with van der Waals surface area (Å²) in [5.74, 6) is -1.61. The average Bonchev–Trinajstić information content (AvgIpc) is 3.86. The molecule has 0 amide bonds. The van der Waals surface area contributed by atoms with Gasteiger partial charge in [-0.15, -0.1) is 0 Å². The first-order valence-corrected chi connectivity index (χ1v) is 25.7. The molecule has 5 aromatic rings. The molecule has 11 nitrogen and oxygen atoms in total. The highest BCUT2D eigenvalue weighted by molar-refractivity contribution is 5.90. The van der Waals surface area contributed by atoms with Crippen molar-refractivity contribution in [1.82, 2.24) is 0 Å². The lowest BCUT2D eigenvalue weighted by atomic mass is 9.71. The second kappa shape index (κ2) is 20.7. The van der Waals surface area contributed by atoms with Gasteiger partial charge >= 0.3 is 17.6 Å². The first-order valence-electron chi connectivity index (χ1n) is 25.7. The number of aliphatic hydroxyl groups excluding tert-OH is 3. The fourth-order valence-electron chi connectivity index (χ4n) is 13.1. The largest absolute Gasteiger partial charge is 0.483 e. The molecule has 71 heavy (non-hydrogen) atoms. The molecule has 5 bridgehead atoms. The van der Waals surface area contributed by atoms with E-state index in [2.05, 4.69) is 78.9 Å². The van der Waals surface area contributed by atoms with Crippen LogP contribution < -0.4 is 10.4 Å². The van der Waals surface area contributed by atoms with Gasteiger partial charge in [0.15, 0.2) is 17.8 Å². The minimum Gasteiger partial charge on any atom is -0.483 e. The number of hydrogen-bond acceptors (Lipinski definition) is 11. The fourth-order valence-corrected chi connectivity index (χ4v) is 13.1.